The first-order valence-corrected chi connectivity index (χ1v) is 10.5. The number of methoxy groups -OCH3 is 1. The number of rotatable bonds is 7. The molecule has 2 aromatic rings. The molecule has 3 N–H and O–H groups in total. The second-order valence-corrected chi connectivity index (χ2v) is 8.41. The van der Waals surface area contributed by atoms with E-state index >= 15 is 0 Å². The van der Waals surface area contributed by atoms with Crippen molar-refractivity contribution in [1.29, 1.82) is 0 Å². The molecule has 0 bridgehead atoms. The third kappa shape index (κ3) is 4.88. The Morgan fingerprint density at radius 2 is 2.21 bits per heavy atom. The van der Waals surface area contributed by atoms with Gasteiger partial charge < -0.3 is 25.0 Å². The van der Waals surface area contributed by atoms with Gasteiger partial charge in [0, 0.05) is 25.1 Å². The molecule has 3 heterocycles. The Hall–Kier alpha value is -2.17. The molecule has 1 saturated heterocycles. The average Bonchev–Trinajstić information content (AvgIpc) is 3.24. The highest BCUT2D eigenvalue weighted by Gasteiger charge is 2.33. The highest BCUT2D eigenvalue weighted by Crippen LogP contribution is 2.29. The molecule has 3 rings (SSSR count). The number of aromatic amines is 1. The number of carbonyl (C=O) groups excluding carboxylic acids is 1. The van der Waals surface area contributed by atoms with Crippen LogP contribution >= 0.6 is 22.9 Å². The second-order valence-electron chi connectivity index (χ2n) is 6.87. The smallest absolute Gasteiger partial charge is 0.309 e. The fourth-order valence-corrected chi connectivity index (χ4v) is 4.54. The van der Waals surface area contributed by atoms with Crippen molar-refractivity contribution in [2.45, 2.75) is 45.3 Å². The number of imidazole rings is 1. The van der Waals surface area contributed by atoms with E-state index in [9.17, 15) is 9.59 Å². The summed E-state index contributed by atoms with van der Waals surface area (Å²) in [6, 6.07) is -0.183. The number of H-pyrrole nitrogens is 1. The van der Waals surface area contributed by atoms with E-state index in [2.05, 4.69) is 25.2 Å². The Labute approximate surface area is 177 Å². The molecule has 0 radical (unpaired) electrons. The van der Waals surface area contributed by atoms with Gasteiger partial charge in [-0.15, -0.1) is 11.3 Å². The molecule has 0 aliphatic carbocycles. The molecule has 1 fully saturated rings. The van der Waals surface area contributed by atoms with Gasteiger partial charge in [-0.25, -0.2) is 9.97 Å². The Morgan fingerprint density at radius 1 is 1.45 bits per heavy atom. The molecular weight excluding hydrogens is 418 g/mol. The number of carboxylic acids is 1. The monoisotopic (exact) mass is 441 g/mol. The van der Waals surface area contributed by atoms with Crippen LogP contribution in [0.4, 0.5) is 5.13 Å². The van der Waals surface area contributed by atoms with Crippen molar-refractivity contribution in [3.05, 3.63) is 27.2 Å². The summed E-state index contributed by atoms with van der Waals surface area (Å²) in [6.45, 7) is 5.02. The topological polar surface area (TPSA) is 120 Å². The van der Waals surface area contributed by atoms with Gasteiger partial charge >= 0.3 is 5.97 Å². The van der Waals surface area contributed by atoms with Crippen molar-refractivity contribution in [1.82, 2.24) is 20.3 Å². The predicted octanol–water partition coefficient (Wildman–Crippen LogP) is 2.04. The summed E-state index contributed by atoms with van der Waals surface area (Å²) >= 11 is 7.50. The van der Waals surface area contributed by atoms with Crippen LogP contribution in [0.1, 0.15) is 40.2 Å². The number of anilines is 1. The lowest BCUT2D eigenvalue weighted by molar-refractivity contribution is -0.136. The van der Waals surface area contributed by atoms with Gasteiger partial charge in [-0.3, -0.25) is 9.59 Å². The van der Waals surface area contributed by atoms with Crippen LogP contribution in [0.3, 0.4) is 0 Å². The van der Waals surface area contributed by atoms with Gasteiger partial charge in [-0.1, -0.05) is 18.5 Å². The lowest BCUT2D eigenvalue weighted by Crippen LogP contribution is -2.55. The molecule has 158 valence electrons. The largest absolute Gasteiger partial charge is 0.481 e. The quantitative estimate of drug-likeness (QED) is 0.601. The molecule has 0 aromatic carbocycles. The standard InChI is InChI=1S/C18H24ClN5O4S/c1-4-10-15(19)23-16(20-10)17(27)21-11-5-6-24(8-13(11)28-3)18-22-12(7-14(25)26)9(2)29-18/h11,13H,4-8H2,1-3H3,(H,20,23)(H,21,27)(H,25,26). The third-order valence-electron chi connectivity index (χ3n) is 4.95. The van der Waals surface area contributed by atoms with E-state index in [0.29, 0.717) is 36.8 Å². The van der Waals surface area contributed by atoms with Gasteiger partial charge in [0.2, 0.25) is 0 Å². The van der Waals surface area contributed by atoms with Crippen LogP contribution in [-0.4, -0.2) is 64.3 Å². The van der Waals surface area contributed by atoms with Crippen molar-refractivity contribution in [3.8, 4) is 0 Å². The van der Waals surface area contributed by atoms with Gasteiger partial charge in [0.05, 0.1) is 30.0 Å². The van der Waals surface area contributed by atoms with Crippen molar-refractivity contribution in [2.24, 2.45) is 0 Å². The van der Waals surface area contributed by atoms with Crippen LogP contribution in [0, 0.1) is 6.92 Å². The summed E-state index contributed by atoms with van der Waals surface area (Å²) in [5, 5.41) is 13.1. The Morgan fingerprint density at radius 3 is 2.83 bits per heavy atom. The molecule has 0 saturated carbocycles. The summed E-state index contributed by atoms with van der Waals surface area (Å²) < 4.78 is 5.61. The maximum absolute atomic E-state index is 12.6. The maximum Gasteiger partial charge on any atom is 0.309 e. The first-order valence-electron chi connectivity index (χ1n) is 9.33. The van der Waals surface area contributed by atoms with Crippen molar-refractivity contribution < 1.29 is 19.4 Å². The number of halogens is 1. The average molecular weight is 442 g/mol. The Bertz CT molecular complexity index is 899. The predicted molar refractivity (Wildman–Crippen MR) is 110 cm³/mol. The van der Waals surface area contributed by atoms with Crippen LogP contribution in [0.2, 0.25) is 5.15 Å². The number of piperidine rings is 1. The van der Waals surface area contributed by atoms with E-state index in [4.69, 9.17) is 21.4 Å². The van der Waals surface area contributed by atoms with E-state index in [1.54, 1.807) is 7.11 Å². The summed E-state index contributed by atoms with van der Waals surface area (Å²) in [5.74, 6) is -1.02. The number of amides is 1. The fourth-order valence-electron chi connectivity index (χ4n) is 3.32. The van der Waals surface area contributed by atoms with Crippen molar-refractivity contribution in [3.63, 3.8) is 0 Å². The third-order valence-corrected chi connectivity index (χ3v) is 6.33. The van der Waals surface area contributed by atoms with Crippen LogP contribution < -0.4 is 10.2 Å². The summed E-state index contributed by atoms with van der Waals surface area (Å²) in [5.41, 5.74) is 1.31. The number of hydrogen-bond acceptors (Lipinski definition) is 7. The Balaban J connectivity index is 1.66. The number of carboxylic acid groups (broad SMARTS) is 1. The van der Waals surface area contributed by atoms with E-state index < -0.39 is 5.97 Å². The number of thiazole rings is 1. The minimum absolute atomic E-state index is 0.0893. The van der Waals surface area contributed by atoms with Gasteiger partial charge in [-0.05, 0) is 19.8 Å². The molecule has 1 aliphatic heterocycles. The number of nitrogens with zero attached hydrogens (tertiary/aromatic N) is 3. The molecule has 1 amide bonds. The number of nitrogens with one attached hydrogen (secondary N) is 2. The lowest BCUT2D eigenvalue weighted by Gasteiger charge is -2.37. The molecule has 2 unspecified atom stereocenters. The van der Waals surface area contributed by atoms with Crippen molar-refractivity contribution >= 4 is 39.9 Å². The molecule has 11 heteroatoms. The normalized spacial score (nSPS) is 19.4. The highest BCUT2D eigenvalue weighted by atomic mass is 35.5. The minimum Gasteiger partial charge on any atom is -0.481 e. The van der Waals surface area contributed by atoms with E-state index in [1.807, 2.05) is 13.8 Å². The summed E-state index contributed by atoms with van der Waals surface area (Å²) in [4.78, 5) is 38.0. The van der Waals surface area contributed by atoms with Gasteiger partial charge in [0.25, 0.3) is 5.91 Å². The molecule has 0 spiro atoms. The molecule has 9 nitrogen and oxygen atoms in total. The molecular formula is C18H24ClN5O4S. The van der Waals surface area contributed by atoms with Gasteiger partial charge in [0.1, 0.15) is 0 Å². The number of carbonyl (C=O) groups is 2. The zero-order valence-electron chi connectivity index (χ0n) is 16.5. The number of ether oxygens (including phenoxy) is 1. The van der Waals surface area contributed by atoms with Crippen LogP contribution in [0.25, 0.3) is 0 Å². The van der Waals surface area contributed by atoms with Crippen LogP contribution in [0.15, 0.2) is 0 Å². The van der Waals surface area contributed by atoms with E-state index in [1.165, 1.54) is 11.3 Å². The zero-order valence-corrected chi connectivity index (χ0v) is 18.1. The zero-order chi connectivity index (χ0) is 21.1. The SMILES string of the molecule is CCc1[nH]c(C(=O)NC2CCN(c3nc(CC(=O)O)c(C)s3)CC2OC)nc1Cl. The molecule has 2 aromatic heterocycles. The minimum atomic E-state index is -0.898. The summed E-state index contributed by atoms with van der Waals surface area (Å²) in [6.07, 6.45) is 0.992. The van der Waals surface area contributed by atoms with Crippen LogP contribution in [-0.2, 0) is 22.4 Å². The van der Waals surface area contributed by atoms with Gasteiger partial charge in [-0.2, -0.15) is 0 Å². The molecule has 1 aliphatic rings. The first-order chi connectivity index (χ1) is 13.8. The second kappa shape index (κ2) is 9.10. The Kier molecular flexibility index (Phi) is 6.76. The summed E-state index contributed by atoms with van der Waals surface area (Å²) in [7, 11) is 1.61. The number of hydrogen-bond donors (Lipinski definition) is 3. The highest BCUT2D eigenvalue weighted by molar-refractivity contribution is 7.15. The van der Waals surface area contributed by atoms with Crippen LogP contribution in [0.5, 0.6) is 0 Å². The lowest BCUT2D eigenvalue weighted by atomic mass is 10.0. The maximum atomic E-state index is 12.6. The van der Waals surface area contributed by atoms with E-state index in [-0.39, 0.29) is 30.3 Å². The number of aliphatic carboxylic acids is 1. The fraction of sp³-hybridized carbons (Fsp3) is 0.556. The van der Waals surface area contributed by atoms with E-state index in [0.717, 1.165) is 15.7 Å². The van der Waals surface area contributed by atoms with Gasteiger partial charge in [0.15, 0.2) is 16.1 Å². The first kappa shape index (κ1) is 21.5. The number of aromatic nitrogens is 3. The molecule has 2 atom stereocenters. The van der Waals surface area contributed by atoms with Crippen molar-refractivity contribution in [2.75, 3.05) is 25.1 Å². The molecule has 29 heavy (non-hydrogen) atoms. The number of aryl methyl sites for hydroxylation is 2.